The van der Waals surface area contributed by atoms with E-state index >= 15 is 0 Å². The molecule has 2 N–H and O–H groups in total. The van der Waals surface area contributed by atoms with Gasteiger partial charge in [-0.2, -0.15) is 0 Å². The molecule has 0 aromatic rings. The van der Waals surface area contributed by atoms with Crippen molar-refractivity contribution in [2.45, 2.75) is 65.5 Å². The third-order valence-electron chi connectivity index (χ3n) is 2.50. The Morgan fingerprint density at radius 3 is 2.47 bits per heavy atom. The second-order valence-corrected chi connectivity index (χ2v) is 5.81. The summed E-state index contributed by atoms with van der Waals surface area (Å²) in [6.07, 6.45) is 7.30. The Balaban J connectivity index is 3.56. The van der Waals surface area contributed by atoms with Gasteiger partial charge in [-0.1, -0.05) is 31.9 Å². The lowest BCUT2D eigenvalue weighted by atomic mass is 10.1. The zero-order valence-corrected chi connectivity index (χ0v) is 13.1. The van der Waals surface area contributed by atoms with E-state index in [1.165, 1.54) is 19.3 Å². The first-order valence-corrected chi connectivity index (χ1v) is 7.20. The number of carbonyl (C=O) groups excluding carboxylic acids is 1. The highest BCUT2D eigenvalue weighted by Crippen LogP contribution is 2.06. The fraction of sp³-hybridized carbons (Fsp3) is 0.800. The predicted molar refractivity (Wildman–Crippen MR) is 80.4 cm³/mol. The van der Waals surface area contributed by atoms with Crippen LogP contribution in [0.1, 0.15) is 53.9 Å². The van der Waals surface area contributed by atoms with Crippen molar-refractivity contribution in [2.24, 2.45) is 0 Å². The summed E-state index contributed by atoms with van der Waals surface area (Å²) in [7, 11) is 0. The second kappa shape index (κ2) is 9.84. The van der Waals surface area contributed by atoms with Gasteiger partial charge in [-0.15, -0.1) is 0 Å². The molecule has 0 aromatic carbocycles. The highest BCUT2D eigenvalue weighted by atomic mass is 16.6. The third kappa shape index (κ3) is 13.2. The number of rotatable bonds is 8. The summed E-state index contributed by atoms with van der Waals surface area (Å²) in [5.41, 5.74) is -0.440. The van der Waals surface area contributed by atoms with Crippen LogP contribution in [-0.2, 0) is 4.74 Å². The maximum atomic E-state index is 11.3. The van der Waals surface area contributed by atoms with Gasteiger partial charge in [-0.3, -0.25) is 0 Å². The van der Waals surface area contributed by atoms with Gasteiger partial charge in [-0.05, 0) is 34.1 Å². The van der Waals surface area contributed by atoms with Crippen LogP contribution in [0.4, 0.5) is 4.79 Å². The molecule has 0 radical (unpaired) electrons. The maximum absolute atomic E-state index is 11.3. The molecule has 1 atom stereocenters. The molecule has 1 amide bonds. The summed E-state index contributed by atoms with van der Waals surface area (Å²) in [6, 6.07) is 0.545. The van der Waals surface area contributed by atoms with Crippen molar-refractivity contribution in [1.82, 2.24) is 10.6 Å². The lowest BCUT2D eigenvalue weighted by molar-refractivity contribution is 0.0534. The Morgan fingerprint density at radius 1 is 1.26 bits per heavy atom. The second-order valence-electron chi connectivity index (χ2n) is 5.81. The van der Waals surface area contributed by atoms with E-state index in [0.29, 0.717) is 12.6 Å². The molecule has 4 nitrogen and oxygen atoms in total. The van der Waals surface area contributed by atoms with Gasteiger partial charge in [0.15, 0.2) is 0 Å². The van der Waals surface area contributed by atoms with Gasteiger partial charge in [0.05, 0.1) is 0 Å². The minimum Gasteiger partial charge on any atom is -0.444 e. The maximum Gasteiger partial charge on any atom is 0.407 e. The van der Waals surface area contributed by atoms with E-state index in [4.69, 9.17) is 4.74 Å². The van der Waals surface area contributed by atoms with Crippen LogP contribution in [0, 0.1) is 0 Å². The number of ether oxygens (including phenoxy) is 1. The van der Waals surface area contributed by atoms with E-state index < -0.39 is 5.60 Å². The average molecular weight is 270 g/mol. The lowest BCUT2D eigenvalue weighted by Crippen LogP contribution is -2.32. The standard InChI is InChI=1S/C15H30N2O2/c1-6-7-10-13(2)16-11-8-9-12-17-14(18)19-15(3,4)5/h8-9,13,16H,6-7,10-12H2,1-5H3,(H,17,18)/b9-8+. The zero-order valence-electron chi connectivity index (χ0n) is 13.1. The van der Waals surface area contributed by atoms with E-state index in [1.807, 2.05) is 32.9 Å². The van der Waals surface area contributed by atoms with E-state index in [0.717, 1.165) is 6.54 Å². The van der Waals surface area contributed by atoms with Crippen molar-refractivity contribution in [3.8, 4) is 0 Å². The van der Waals surface area contributed by atoms with Gasteiger partial charge in [0.25, 0.3) is 0 Å². The molecule has 4 heteroatoms. The molecule has 112 valence electrons. The summed E-state index contributed by atoms with van der Waals surface area (Å²) in [5.74, 6) is 0. The van der Waals surface area contributed by atoms with E-state index in [-0.39, 0.29) is 6.09 Å². The van der Waals surface area contributed by atoms with Crippen LogP contribution in [0.15, 0.2) is 12.2 Å². The Bertz CT molecular complexity index is 270. The van der Waals surface area contributed by atoms with Crippen molar-refractivity contribution in [3.63, 3.8) is 0 Å². The molecule has 0 aliphatic heterocycles. The van der Waals surface area contributed by atoms with Gasteiger partial charge < -0.3 is 15.4 Å². The first-order valence-electron chi connectivity index (χ1n) is 7.20. The van der Waals surface area contributed by atoms with Crippen LogP contribution in [-0.4, -0.2) is 30.8 Å². The Hall–Kier alpha value is -1.03. The molecule has 0 saturated heterocycles. The summed E-state index contributed by atoms with van der Waals surface area (Å²) < 4.78 is 5.13. The van der Waals surface area contributed by atoms with Gasteiger partial charge in [0.2, 0.25) is 0 Å². The summed E-state index contributed by atoms with van der Waals surface area (Å²) in [6.45, 7) is 11.3. The highest BCUT2D eigenvalue weighted by Gasteiger charge is 2.14. The fourth-order valence-corrected chi connectivity index (χ4v) is 1.50. The third-order valence-corrected chi connectivity index (χ3v) is 2.50. The van der Waals surface area contributed by atoms with Crippen LogP contribution < -0.4 is 10.6 Å². The fourth-order valence-electron chi connectivity index (χ4n) is 1.50. The number of alkyl carbamates (subject to hydrolysis) is 1. The molecule has 0 spiro atoms. The molecule has 0 bridgehead atoms. The molecule has 0 saturated carbocycles. The molecule has 1 unspecified atom stereocenters. The molecular formula is C15H30N2O2. The molecule has 19 heavy (non-hydrogen) atoms. The minimum atomic E-state index is -0.440. The molecular weight excluding hydrogens is 240 g/mol. The van der Waals surface area contributed by atoms with Crippen LogP contribution in [0.25, 0.3) is 0 Å². The SMILES string of the molecule is CCCCC(C)NC/C=C/CNC(=O)OC(C)(C)C. The minimum absolute atomic E-state index is 0.374. The number of amides is 1. The molecule has 0 rings (SSSR count). The van der Waals surface area contributed by atoms with E-state index in [1.54, 1.807) is 0 Å². The summed E-state index contributed by atoms with van der Waals surface area (Å²) >= 11 is 0. The average Bonchev–Trinajstić information content (AvgIpc) is 2.28. The van der Waals surface area contributed by atoms with Crippen LogP contribution in [0.5, 0.6) is 0 Å². The monoisotopic (exact) mass is 270 g/mol. The number of hydrogen-bond donors (Lipinski definition) is 2. The predicted octanol–water partition coefficient (Wildman–Crippen LogP) is 3.24. The number of unbranched alkanes of at least 4 members (excludes halogenated alkanes) is 1. The van der Waals surface area contributed by atoms with Gasteiger partial charge in [0, 0.05) is 19.1 Å². The molecule has 0 fully saturated rings. The van der Waals surface area contributed by atoms with E-state index in [9.17, 15) is 4.79 Å². The largest absolute Gasteiger partial charge is 0.444 e. The molecule has 0 aliphatic carbocycles. The van der Waals surface area contributed by atoms with Crippen LogP contribution >= 0.6 is 0 Å². The van der Waals surface area contributed by atoms with Crippen molar-refractivity contribution in [2.75, 3.05) is 13.1 Å². The molecule has 0 aromatic heterocycles. The lowest BCUT2D eigenvalue weighted by Gasteiger charge is -2.19. The summed E-state index contributed by atoms with van der Waals surface area (Å²) in [5, 5.41) is 6.10. The van der Waals surface area contributed by atoms with Gasteiger partial charge >= 0.3 is 6.09 Å². The van der Waals surface area contributed by atoms with E-state index in [2.05, 4.69) is 24.5 Å². The summed E-state index contributed by atoms with van der Waals surface area (Å²) in [4.78, 5) is 11.3. The van der Waals surface area contributed by atoms with Crippen molar-refractivity contribution < 1.29 is 9.53 Å². The normalized spacial score (nSPS) is 13.5. The Labute approximate surface area is 118 Å². The molecule has 0 heterocycles. The Kier molecular flexibility index (Phi) is 9.31. The van der Waals surface area contributed by atoms with Crippen LogP contribution in [0.3, 0.4) is 0 Å². The van der Waals surface area contributed by atoms with Crippen molar-refractivity contribution in [1.29, 1.82) is 0 Å². The first kappa shape index (κ1) is 18.0. The number of nitrogens with one attached hydrogen (secondary N) is 2. The Morgan fingerprint density at radius 2 is 1.89 bits per heavy atom. The zero-order chi connectivity index (χ0) is 14.7. The van der Waals surface area contributed by atoms with Gasteiger partial charge in [-0.25, -0.2) is 4.79 Å². The number of carbonyl (C=O) groups is 1. The quantitative estimate of drug-likeness (QED) is 0.666. The topological polar surface area (TPSA) is 50.4 Å². The first-order chi connectivity index (χ1) is 8.85. The van der Waals surface area contributed by atoms with Crippen molar-refractivity contribution >= 4 is 6.09 Å². The van der Waals surface area contributed by atoms with Crippen molar-refractivity contribution in [3.05, 3.63) is 12.2 Å². The van der Waals surface area contributed by atoms with Crippen LogP contribution in [0.2, 0.25) is 0 Å². The molecule has 0 aliphatic rings. The van der Waals surface area contributed by atoms with Gasteiger partial charge in [0.1, 0.15) is 5.60 Å². The number of hydrogen-bond acceptors (Lipinski definition) is 3. The smallest absolute Gasteiger partial charge is 0.407 e. The highest BCUT2D eigenvalue weighted by molar-refractivity contribution is 5.67.